The molecule has 4 aromatic rings. The third kappa shape index (κ3) is 5.49. The Kier molecular flexibility index (Phi) is 7.78. The van der Waals surface area contributed by atoms with E-state index in [9.17, 15) is 20.1 Å². The number of hydrogen-bond donors (Lipinski definition) is 4. The molecule has 6 rings (SSSR count). The summed E-state index contributed by atoms with van der Waals surface area (Å²) in [4.78, 5) is 31.8. The summed E-state index contributed by atoms with van der Waals surface area (Å²) in [5.41, 5.74) is 0.425. The number of anilines is 3. The van der Waals surface area contributed by atoms with Crippen molar-refractivity contribution in [2.75, 3.05) is 43.6 Å². The zero-order chi connectivity index (χ0) is 31.2. The molecule has 232 valence electrons. The monoisotopic (exact) mass is 602 g/mol. The number of fused-ring (bicyclic) bond motifs is 3. The Hall–Kier alpha value is -4.46. The van der Waals surface area contributed by atoms with Gasteiger partial charge in [0.2, 0.25) is 5.95 Å². The number of ether oxygens (including phenoxy) is 1. The number of aliphatic hydroxyl groups is 2. The van der Waals surface area contributed by atoms with Gasteiger partial charge in [0.15, 0.2) is 11.5 Å². The Morgan fingerprint density at radius 1 is 1.16 bits per heavy atom. The van der Waals surface area contributed by atoms with Crippen LogP contribution in [0.2, 0.25) is 0 Å². The molecule has 2 bridgehead atoms. The minimum absolute atomic E-state index is 0.109. The van der Waals surface area contributed by atoms with E-state index in [4.69, 9.17) is 4.74 Å². The maximum atomic E-state index is 13.4. The van der Waals surface area contributed by atoms with E-state index in [1.54, 1.807) is 19.9 Å². The van der Waals surface area contributed by atoms with Gasteiger partial charge in [-0.05, 0) is 45.9 Å². The van der Waals surface area contributed by atoms with Crippen molar-refractivity contribution in [1.29, 1.82) is 0 Å². The summed E-state index contributed by atoms with van der Waals surface area (Å²) in [6.07, 6.45) is 5.38. The van der Waals surface area contributed by atoms with Gasteiger partial charge in [-0.15, -0.1) is 6.58 Å². The van der Waals surface area contributed by atoms with Gasteiger partial charge in [0, 0.05) is 55.3 Å². The summed E-state index contributed by atoms with van der Waals surface area (Å²) in [7, 11) is 2.20. The largest absolute Gasteiger partial charge is 0.508 e. The lowest BCUT2D eigenvalue weighted by Gasteiger charge is -2.40. The molecule has 1 aromatic carbocycles. The first-order chi connectivity index (χ1) is 21.1. The first-order valence-corrected chi connectivity index (χ1v) is 14.7. The van der Waals surface area contributed by atoms with Gasteiger partial charge in [0.05, 0.1) is 24.5 Å². The molecular formula is C31H38N8O5. The van der Waals surface area contributed by atoms with Crippen LogP contribution >= 0.6 is 0 Å². The number of nitrogens with zero attached hydrogens (tertiary/aromatic N) is 7. The fraction of sp³-hybridized carbons (Fsp3) is 0.419. The number of allylic oxidation sites excluding steroid dienone is 1. The predicted octanol–water partition coefficient (Wildman–Crippen LogP) is 2.49. The first-order valence-electron chi connectivity index (χ1n) is 14.7. The summed E-state index contributed by atoms with van der Waals surface area (Å²) >= 11 is 0. The second kappa shape index (κ2) is 11.6. The predicted molar refractivity (Wildman–Crippen MR) is 167 cm³/mol. The molecule has 2 aliphatic heterocycles. The van der Waals surface area contributed by atoms with E-state index >= 15 is 0 Å². The Morgan fingerprint density at radius 2 is 1.91 bits per heavy atom. The molecule has 2 saturated heterocycles. The van der Waals surface area contributed by atoms with Gasteiger partial charge in [-0.25, -0.2) is 19.3 Å². The number of aliphatic hydroxyl groups excluding tert-OH is 1. The van der Waals surface area contributed by atoms with Crippen molar-refractivity contribution in [2.24, 2.45) is 0 Å². The average Bonchev–Trinajstić information content (AvgIpc) is 3.34. The summed E-state index contributed by atoms with van der Waals surface area (Å²) in [6, 6.07) is 9.58. The zero-order valence-electron chi connectivity index (χ0n) is 25.1. The van der Waals surface area contributed by atoms with E-state index in [0.29, 0.717) is 23.5 Å². The van der Waals surface area contributed by atoms with Crippen LogP contribution < -0.4 is 20.5 Å². The van der Waals surface area contributed by atoms with Crippen molar-refractivity contribution in [1.82, 2.24) is 29.2 Å². The Morgan fingerprint density at radius 3 is 2.59 bits per heavy atom. The number of nitrogens with one attached hydrogen (secondary N) is 1. The standard InChI is InChI=1S/C31H38N8O5/c1-5-10-38-29(42)23-16-32-30(35-28(23)39(38)27-15-22(41)14-26(34-27)31(2,3)43)33-19-6-9-24(25(13-19)44-12-11-40)37-17-20-7-8-21(18-37)36(20)4/h5-6,9,13-16,20-21,40,43H,1,7-8,10-12,17-18H2,2-4H3,(H,34,41)(H,32,33,35). The number of hydrogen-bond acceptors (Lipinski definition) is 11. The van der Waals surface area contributed by atoms with Crippen molar-refractivity contribution in [3.05, 3.63) is 65.2 Å². The highest BCUT2D eigenvalue weighted by Crippen LogP contribution is 2.37. The Bertz CT molecular complexity index is 1750. The SMILES string of the molecule is C=CCn1c(=O)c2cnc(Nc3ccc(N4CC5CCC(C4)N5C)c(OCCO)c3)nc2n1-c1cc(O)cc(C(C)(C)O)n1. The highest BCUT2D eigenvalue weighted by Gasteiger charge is 2.38. The van der Waals surface area contributed by atoms with Crippen molar-refractivity contribution in [3.63, 3.8) is 0 Å². The van der Waals surface area contributed by atoms with Crippen LogP contribution in [0.5, 0.6) is 11.5 Å². The minimum atomic E-state index is -1.34. The van der Waals surface area contributed by atoms with Crippen LogP contribution in [0.25, 0.3) is 16.9 Å². The number of pyridine rings is 1. The van der Waals surface area contributed by atoms with Crippen LogP contribution in [0.4, 0.5) is 17.3 Å². The Labute approximate surface area is 254 Å². The molecule has 2 fully saturated rings. The van der Waals surface area contributed by atoms with Gasteiger partial charge >= 0.3 is 0 Å². The van der Waals surface area contributed by atoms with Crippen molar-refractivity contribution in [2.45, 2.75) is 50.9 Å². The topological polar surface area (TPSA) is 154 Å². The summed E-state index contributed by atoms with van der Waals surface area (Å²) in [5, 5.41) is 34.0. The van der Waals surface area contributed by atoms with Crippen molar-refractivity contribution >= 4 is 28.4 Å². The fourth-order valence-corrected chi connectivity index (χ4v) is 6.10. The molecule has 2 unspecified atom stereocenters. The third-order valence-electron chi connectivity index (χ3n) is 8.37. The number of aromatic nitrogens is 5. The normalized spacial score (nSPS) is 18.6. The summed E-state index contributed by atoms with van der Waals surface area (Å²) < 4.78 is 8.86. The molecule has 0 saturated carbocycles. The lowest BCUT2D eigenvalue weighted by Crippen LogP contribution is -2.52. The van der Waals surface area contributed by atoms with Crippen LogP contribution in [0.15, 0.2) is 54.0 Å². The quantitative estimate of drug-likeness (QED) is 0.198. The molecule has 0 spiro atoms. The number of aromatic hydroxyl groups is 1. The van der Waals surface area contributed by atoms with Crippen LogP contribution in [0.3, 0.4) is 0 Å². The van der Waals surface area contributed by atoms with Gasteiger partial charge in [-0.3, -0.25) is 9.69 Å². The van der Waals surface area contributed by atoms with Gasteiger partial charge in [0.1, 0.15) is 29.1 Å². The third-order valence-corrected chi connectivity index (χ3v) is 8.37. The summed E-state index contributed by atoms with van der Waals surface area (Å²) in [5.74, 6) is 0.948. The maximum absolute atomic E-state index is 13.4. The van der Waals surface area contributed by atoms with Crippen LogP contribution in [-0.4, -0.2) is 90.0 Å². The lowest BCUT2D eigenvalue weighted by molar-refractivity contribution is 0.0735. The van der Waals surface area contributed by atoms with Gasteiger partial charge in [-0.1, -0.05) is 6.08 Å². The van der Waals surface area contributed by atoms with Gasteiger partial charge in [0.25, 0.3) is 5.56 Å². The molecule has 3 aromatic heterocycles. The first kappa shape index (κ1) is 29.6. The second-order valence-corrected chi connectivity index (χ2v) is 11.9. The molecule has 0 radical (unpaired) electrons. The van der Waals surface area contributed by atoms with Gasteiger partial charge < -0.3 is 30.3 Å². The molecular weight excluding hydrogens is 564 g/mol. The van der Waals surface area contributed by atoms with Crippen molar-refractivity contribution in [3.8, 4) is 17.3 Å². The van der Waals surface area contributed by atoms with E-state index < -0.39 is 5.60 Å². The van der Waals surface area contributed by atoms with Crippen LogP contribution in [-0.2, 0) is 12.1 Å². The van der Waals surface area contributed by atoms with Crippen LogP contribution in [0, 0.1) is 0 Å². The average molecular weight is 603 g/mol. The van der Waals surface area contributed by atoms with Crippen molar-refractivity contribution < 1.29 is 20.1 Å². The van der Waals surface area contributed by atoms with E-state index in [-0.39, 0.29) is 59.6 Å². The minimum Gasteiger partial charge on any atom is -0.508 e. The fourth-order valence-electron chi connectivity index (χ4n) is 6.10. The molecule has 0 aliphatic carbocycles. The molecule has 2 atom stereocenters. The van der Waals surface area contributed by atoms with E-state index in [2.05, 4.69) is 43.7 Å². The zero-order valence-corrected chi connectivity index (χ0v) is 25.1. The second-order valence-electron chi connectivity index (χ2n) is 11.9. The Balaban J connectivity index is 1.38. The molecule has 0 amide bonds. The molecule has 13 nitrogen and oxygen atoms in total. The maximum Gasteiger partial charge on any atom is 0.278 e. The number of rotatable bonds is 10. The number of piperazine rings is 1. The molecule has 5 heterocycles. The molecule has 4 N–H and O–H groups in total. The highest BCUT2D eigenvalue weighted by molar-refractivity contribution is 5.77. The van der Waals surface area contributed by atoms with Crippen LogP contribution in [0.1, 0.15) is 32.4 Å². The van der Waals surface area contributed by atoms with Gasteiger partial charge in [-0.2, -0.15) is 4.98 Å². The summed E-state index contributed by atoms with van der Waals surface area (Å²) in [6.45, 7) is 8.91. The molecule has 2 aliphatic rings. The van der Waals surface area contributed by atoms with E-state index in [1.807, 2.05) is 18.2 Å². The van der Waals surface area contributed by atoms with E-state index in [0.717, 1.165) is 18.8 Å². The molecule has 44 heavy (non-hydrogen) atoms. The molecule has 13 heteroatoms. The number of benzene rings is 1. The number of likely N-dealkylation sites (N-methyl/N-ethyl adjacent to an activating group) is 1. The smallest absolute Gasteiger partial charge is 0.278 e. The van der Waals surface area contributed by atoms with E-state index in [1.165, 1.54) is 40.5 Å². The lowest BCUT2D eigenvalue weighted by atomic mass is 10.0. The highest BCUT2D eigenvalue weighted by atomic mass is 16.5.